The summed E-state index contributed by atoms with van der Waals surface area (Å²) >= 11 is 0. The topological polar surface area (TPSA) is 34.9 Å². The molecular weight excluding hydrogens is 236 g/mol. The summed E-state index contributed by atoms with van der Waals surface area (Å²) in [6.45, 7) is 4.04. The van der Waals surface area contributed by atoms with Crippen molar-refractivity contribution in [2.24, 2.45) is 7.05 Å². The quantitative estimate of drug-likeness (QED) is 0.766. The number of aromatic nitrogens is 2. The Morgan fingerprint density at radius 2 is 2.11 bits per heavy atom. The van der Waals surface area contributed by atoms with Crippen molar-refractivity contribution >= 4 is 5.78 Å². The number of ketones is 1. The van der Waals surface area contributed by atoms with E-state index in [-0.39, 0.29) is 5.78 Å². The van der Waals surface area contributed by atoms with Gasteiger partial charge in [0.15, 0.2) is 5.78 Å². The van der Waals surface area contributed by atoms with Gasteiger partial charge in [-0.1, -0.05) is 38.5 Å². The van der Waals surface area contributed by atoms with Crippen LogP contribution < -0.4 is 0 Å². The van der Waals surface area contributed by atoms with Crippen molar-refractivity contribution in [3.05, 3.63) is 41.7 Å². The van der Waals surface area contributed by atoms with Gasteiger partial charge in [0.1, 0.15) is 0 Å². The fourth-order valence-corrected chi connectivity index (χ4v) is 2.26. The number of hydrogen-bond donors (Lipinski definition) is 0. The number of benzene rings is 1. The van der Waals surface area contributed by atoms with Gasteiger partial charge in [-0.05, 0) is 18.1 Å². The largest absolute Gasteiger partial charge is 0.294 e. The Morgan fingerprint density at radius 3 is 2.79 bits per heavy atom. The molecule has 3 heteroatoms. The number of Topliss-reactive ketones (excluding diaryl/α,β-unsaturated/α-hetero) is 1. The van der Waals surface area contributed by atoms with Gasteiger partial charge < -0.3 is 0 Å². The van der Waals surface area contributed by atoms with Crippen LogP contribution in [0.3, 0.4) is 0 Å². The average Bonchev–Trinajstić information content (AvgIpc) is 2.79. The summed E-state index contributed by atoms with van der Waals surface area (Å²) in [7, 11) is 1.93. The van der Waals surface area contributed by atoms with E-state index in [0.717, 1.165) is 35.2 Å². The van der Waals surface area contributed by atoms with Crippen LogP contribution in [0.4, 0.5) is 0 Å². The van der Waals surface area contributed by atoms with Crippen LogP contribution >= 0.6 is 0 Å². The minimum absolute atomic E-state index is 0.183. The van der Waals surface area contributed by atoms with Crippen molar-refractivity contribution in [2.75, 3.05) is 0 Å². The molecule has 0 saturated heterocycles. The first kappa shape index (κ1) is 13.5. The fourth-order valence-electron chi connectivity index (χ4n) is 2.26. The third-order valence-corrected chi connectivity index (χ3v) is 3.21. The lowest BCUT2D eigenvalue weighted by molar-refractivity contribution is 0.0988. The monoisotopic (exact) mass is 256 g/mol. The molecule has 0 bridgehead atoms. The third-order valence-electron chi connectivity index (χ3n) is 3.21. The van der Waals surface area contributed by atoms with E-state index >= 15 is 0 Å². The molecule has 19 heavy (non-hydrogen) atoms. The molecule has 3 nitrogen and oxygen atoms in total. The van der Waals surface area contributed by atoms with Gasteiger partial charge in [-0.15, -0.1) is 0 Å². The second kappa shape index (κ2) is 5.83. The lowest BCUT2D eigenvalue weighted by Gasteiger charge is -2.04. The molecule has 100 valence electrons. The molecular formula is C16H20N2O. The lowest BCUT2D eigenvalue weighted by Crippen LogP contribution is -1.96. The van der Waals surface area contributed by atoms with Gasteiger partial charge in [-0.2, -0.15) is 5.10 Å². The standard InChI is InChI=1S/C16H20N2O/c1-4-7-15-14(11-18(3)17-15)12-8-6-9-13(10-12)16(19)5-2/h6,8-11H,4-5,7H2,1-3H3. The molecule has 2 aromatic rings. The van der Waals surface area contributed by atoms with Crippen LogP contribution in [0.5, 0.6) is 0 Å². The number of hydrogen-bond acceptors (Lipinski definition) is 2. The Kier molecular flexibility index (Phi) is 4.15. The van der Waals surface area contributed by atoms with Crippen LogP contribution in [0.2, 0.25) is 0 Å². The summed E-state index contributed by atoms with van der Waals surface area (Å²) in [6.07, 6.45) is 4.60. The molecule has 0 radical (unpaired) electrons. The molecule has 0 aliphatic heterocycles. The van der Waals surface area contributed by atoms with Gasteiger partial charge in [0.05, 0.1) is 5.69 Å². The van der Waals surface area contributed by atoms with Gasteiger partial charge in [0, 0.05) is 30.8 Å². The molecule has 0 fully saturated rings. The molecule has 0 spiro atoms. The molecule has 0 atom stereocenters. The van der Waals surface area contributed by atoms with Crippen LogP contribution in [0.1, 0.15) is 42.7 Å². The van der Waals surface area contributed by atoms with E-state index in [1.54, 1.807) is 0 Å². The molecule has 1 heterocycles. The number of carbonyl (C=O) groups excluding carboxylic acids is 1. The molecule has 1 aromatic heterocycles. The molecule has 1 aromatic carbocycles. The maximum absolute atomic E-state index is 11.8. The van der Waals surface area contributed by atoms with Crippen LogP contribution in [0, 0.1) is 0 Å². The second-order valence-corrected chi connectivity index (χ2v) is 4.77. The summed E-state index contributed by atoms with van der Waals surface area (Å²) in [6, 6.07) is 7.84. The Bertz CT molecular complexity index is 584. The van der Waals surface area contributed by atoms with E-state index < -0.39 is 0 Å². The highest BCUT2D eigenvalue weighted by molar-refractivity contribution is 5.97. The van der Waals surface area contributed by atoms with E-state index in [0.29, 0.717) is 6.42 Å². The summed E-state index contributed by atoms with van der Waals surface area (Å²) in [5.41, 5.74) is 4.10. The lowest BCUT2D eigenvalue weighted by atomic mass is 10.00. The average molecular weight is 256 g/mol. The van der Waals surface area contributed by atoms with E-state index in [9.17, 15) is 4.79 Å². The highest BCUT2D eigenvalue weighted by Crippen LogP contribution is 2.25. The number of aryl methyl sites for hydroxylation is 2. The van der Waals surface area contributed by atoms with Crippen molar-refractivity contribution in [3.63, 3.8) is 0 Å². The van der Waals surface area contributed by atoms with Crippen molar-refractivity contribution in [3.8, 4) is 11.1 Å². The normalized spacial score (nSPS) is 10.7. The van der Waals surface area contributed by atoms with E-state index in [1.807, 2.05) is 49.1 Å². The molecule has 0 N–H and O–H groups in total. The Labute approximate surface area is 114 Å². The summed E-state index contributed by atoms with van der Waals surface area (Å²) in [5, 5.41) is 4.50. The minimum Gasteiger partial charge on any atom is -0.294 e. The SMILES string of the molecule is CCCc1nn(C)cc1-c1cccc(C(=O)CC)c1. The van der Waals surface area contributed by atoms with Crippen LogP contribution in [-0.2, 0) is 13.5 Å². The second-order valence-electron chi connectivity index (χ2n) is 4.77. The zero-order chi connectivity index (χ0) is 13.8. The number of nitrogens with zero attached hydrogens (tertiary/aromatic N) is 2. The van der Waals surface area contributed by atoms with Crippen molar-refractivity contribution in [2.45, 2.75) is 33.1 Å². The zero-order valence-electron chi connectivity index (χ0n) is 11.8. The predicted octanol–water partition coefficient (Wildman–Crippen LogP) is 3.63. The molecule has 0 saturated carbocycles. The molecule has 2 rings (SSSR count). The fraction of sp³-hybridized carbons (Fsp3) is 0.375. The molecule has 0 aliphatic rings. The molecule has 0 unspecified atom stereocenters. The Balaban J connectivity index is 2.44. The summed E-state index contributed by atoms with van der Waals surface area (Å²) in [4.78, 5) is 11.8. The maximum atomic E-state index is 11.8. The number of carbonyl (C=O) groups is 1. The highest BCUT2D eigenvalue weighted by Gasteiger charge is 2.11. The first-order valence-corrected chi connectivity index (χ1v) is 6.81. The smallest absolute Gasteiger partial charge is 0.162 e. The van der Waals surface area contributed by atoms with E-state index in [4.69, 9.17) is 0 Å². The molecule has 0 amide bonds. The van der Waals surface area contributed by atoms with Crippen LogP contribution in [0.15, 0.2) is 30.5 Å². The summed E-state index contributed by atoms with van der Waals surface area (Å²) in [5.74, 6) is 0.183. The molecule has 0 aliphatic carbocycles. The predicted molar refractivity (Wildman–Crippen MR) is 77.3 cm³/mol. The Morgan fingerprint density at radius 1 is 1.32 bits per heavy atom. The van der Waals surface area contributed by atoms with Gasteiger partial charge in [-0.25, -0.2) is 0 Å². The van der Waals surface area contributed by atoms with Crippen LogP contribution in [0.25, 0.3) is 11.1 Å². The van der Waals surface area contributed by atoms with Crippen molar-refractivity contribution in [1.82, 2.24) is 9.78 Å². The van der Waals surface area contributed by atoms with Gasteiger partial charge in [-0.3, -0.25) is 9.48 Å². The minimum atomic E-state index is 0.183. The van der Waals surface area contributed by atoms with Gasteiger partial charge in [0.25, 0.3) is 0 Å². The van der Waals surface area contributed by atoms with Gasteiger partial charge >= 0.3 is 0 Å². The zero-order valence-corrected chi connectivity index (χ0v) is 11.8. The third kappa shape index (κ3) is 2.92. The first-order valence-electron chi connectivity index (χ1n) is 6.81. The number of rotatable bonds is 5. The first-order chi connectivity index (χ1) is 9.15. The maximum Gasteiger partial charge on any atom is 0.162 e. The Hall–Kier alpha value is -1.90. The van der Waals surface area contributed by atoms with E-state index in [2.05, 4.69) is 12.0 Å². The highest BCUT2D eigenvalue weighted by atomic mass is 16.1. The van der Waals surface area contributed by atoms with E-state index in [1.165, 1.54) is 0 Å². The van der Waals surface area contributed by atoms with Crippen molar-refractivity contribution < 1.29 is 4.79 Å². The van der Waals surface area contributed by atoms with Crippen LogP contribution in [-0.4, -0.2) is 15.6 Å². The van der Waals surface area contributed by atoms with Gasteiger partial charge in [0.2, 0.25) is 0 Å². The van der Waals surface area contributed by atoms with Crippen molar-refractivity contribution in [1.29, 1.82) is 0 Å². The summed E-state index contributed by atoms with van der Waals surface area (Å²) < 4.78 is 1.84.